The molecule has 3 aromatic rings. The summed E-state index contributed by atoms with van der Waals surface area (Å²) in [6, 6.07) is 14.6. The molecule has 1 fully saturated rings. The molecule has 2 heterocycles. The van der Waals surface area contributed by atoms with Gasteiger partial charge in [-0.3, -0.25) is 0 Å². The lowest BCUT2D eigenvalue weighted by Gasteiger charge is -2.30. The van der Waals surface area contributed by atoms with Crippen LogP contribution in [0.1, 0.15) is 56.2 Å². The highest BCUT2D eigenvalue weighted by molar-refractivity contribution is 5.90. The van der Waals surface area contributed by atoms with Crippen molar-refractivity contribution >= 4 is 17.0 Å². The SMILES string of the molecule is COC(=O)N1CCC(c2cn(Cc3ccc(C(C)(C)C)cc3)c3cccc(O)c23)CC1. The molecule has 1 aliphatic heterocycles. The van der Waals surface area contributed by atoms with E-state index in [2.05, 4.69) is 61.9 Å². The number of nitrogens with zero attached hydrogens (tertiary/aromatic N) is 2. The second kappa shape index (κ2) is 8.29. The van der Waals surface area contributed by atoms with Crippen LogP contribution in [-0.2, 0) is 16.7 Å². The number of aromatic nitrogens is 1. The molecule has 31 heavy (non-hydrogen) atoms. The van der Waals surface area contributed by atoms with Gasteiger partial charge in [0.15, 0.2) is 0 Å². The lowest BCUT2D eigenvalue weighted by molar-refractivity contribution is 0.112. The van der Waals surface area contributed by atoms with Gasteiger partial charge in [-0.05, 0) is 53.0 Å². The van der Waals surface area contributed by atoms with E-state index in [1.54, 1.807) is 11.0 Å². The molecule has 1 amide bonds. The van der Waals surface area contributed by atoms with Gasteiger partial charge in [0.1, 0.15) is 5.75 Å². The van der Waals surface area contributed by atoms with Crippen molar-refractivity contribution in [3.63, 3.8) is 0 Å². The molecule has 0 bridgehead atoms. The van der Waals surface area contributed by atoms with Crippen LogP contribution < -0.4 is 0 Å². The van der Waals surface area contributed by atoms with Crippen molar-refractivity contribution in [2.24, 2.45) is 0 Å². The Morgan fingerprint density at radius 2 is 1.77 bits per heavy atom. The van der Waals surface area contributed by atoms with Crippen LogP contribution in [0.4, 0.5) is 4.79 Å². The Hall–Kier alpha value is -2.95. The van der Waals surface area contributed by atoms with Crippen LogP contribution in [0, 0.1) is 0 Å². The van der Waals surface area contributed by atoms with Gasteiger partial charge in [0.05, 0.1) is 12.6 Å². The van der Waals surface area contributed by atoms with E-state index in [4.69, 9.17) is 4.74 Å². The number of rotatable bonds is 3. The van der Waals surface area contributed by atoms with Gasteiger partial charge in [-0.2, -0.15) is 0 Å². The first kappa shape index (κ1) is 21.3. The first-order chi connectivity index (χ1) is 14.8. The Kier molecular flexibility index (Phi) is 5.69. The number of likely N-dealkylation sites (tertiary alicyclic amines) is 1. The number of carbonyl (C=O) groups excluding carboxylic acids is 1. The molecule has 2 aromatic carbocycles. The van der Waals surface area contributed by atoms with Crippen molar-refractivity contribution in [1.29, 1.82) is 0 Å². The van der Waals surface area contributed by atoms with Gasteiger partial charge in [-0.15, -0.1) is 0 Å². The van der Waals surface area contributed by atoms with Crippen LogP contribution in [-0.4, -0.2) is 40.9 Å². The fourth-order valence-corrected chi connectivity index (χ4v) is 4.61. The maximum absolute atomic E-state index is 11.8. The van der Waals surface area contributed by atoms with Crippen molar-refractivity contribution in [1.82, 2.24) is 9.47 Å². The van der Waals surface area contributed by atoms with E-state index < -0.39 is 0 Å². The van der Waals surface area contributed by atoms with E-state index in [-0.39, 0.29) is 11.5 Å². The summed E-state index contributed by atoms with van der Waals surface area (Å²) >= 11 is 0. The van der Waals surface area contributed by atoms with Gasteiger partial charge in [-0.1, -0.05) is 51.1 Å². The lowest BCUT2D eigenvalue weighted by Crippen LogP contribution is -2.37. The normalized spacial score (nSPS) is 15.4. The number of fused-ring (bicyclic) bond motifs is 1. The Morgan fingerprint density at radius 3 is 2.39 bits per heavy atom. The smallest absolute Gasteiger partial charge is 0.409 e. The Bertz CT molecular complexity index is 1070. The highest BCUT2D eigenvalue weighted by Gasteiger charge is 2.27. The van der Waals surface area contributed by atoms with Gasteiger partial charge in [-0.25, -0.2) is 4.79 Å². The average molecular weight is 421 g/mol. The average Bonchev–Trinajstić information content (AvgIpc) is 3.13. The molecule has 1 aliphatic rings. The number of methoxy groups -OCH3 is 1. The maximum Gasteiger partial charge on any atom is 0.409 e. The zero-order valence-electron chi connectivity index (χ0n) is 18.9. The van der Waals surface area contributed by atoms with E-state index >= 15 is 0 Å². The third kappa shape index (κ3) is 4.27. The third-order valence-electron chi connectivity index (χ3n) is 6.45. The summed E-state index contributed by atoms with van der Waals surface area (Å²) in [6.45, 7) is 8.77. The molecule has 0 atom stereocenters. The van der Waals surface area contributed by atoms with Crippen molar-refractivity contribution in [3.05, 3.63) is 65.4 Å². The van der Waals surface area contributed by atoms with E-state index in [1.165, 1.54) is 23.8 Å². The summed E-state index contributed by atoms with van der Waals surface area (Å²) in [5.74, 6) is 0.631. The number of amides is 1. The van der Waals surface area contributed by atoms with Gasteiger partial charge in [0.2, 0.25) is 0 Å². The lowest BCUT2D eigenvalue weighted by atomic mass is 9.87. The molecule has 0 aliphatic carbocycles. The van der Waals surface area contributed by atoms with Gasteiger partial charge in [0, 0.05) is 31.2 Å². The van der Waals surface area contributed by atoms with Crippen LogP contribution in [0.25, 0.3) is 10.9 Å². The van der Waals surface area contributed by atoms with E-state index in [0.717, 1.165) is 30.3 Å². The van der Waals surface area contributed by atoms with Crippen LogP contribution in [0.5, 0.6) is 5.75 Å². The molecule has 1 aromatic heterocycles. The number of phenols is 1. The largest absolute Gasteiger partial charge is 0.507 e. The van der Waals surface area contributed by atoms with Crippen molar-refractivity contribution < 1.29 is 14.6 Å². The minimum absolute atomic E-state index is 0.136. The number of ether oxygens (including phenoxy) is 1. The molecule has 0 saturated carbocycles. The number of aromatic hydroxyl groups is 1. The predicted molar refractivity (Wildman–Crippen MR) is 124 cm³/mol. The monoisotopic (exact) mass is 420 g/mol. The molecular weight excluding hydrogens is 388 g/mol. The maximum atomic E-state index is 11.8. The fraction of sp³-hybridized carbons (Fsp3) is 0.423. The number of phenolic OH excluding ortho intramolecular Hbond substituents is 1. The van der Waals surface area contributed by atoms with Gasteiger partial charge < -0.3 is 19.3 Å². The van der Waals surface area contributed by atoms with Crippen LogP contribution >= 0.6 is 0 Å². The van der Waals surface area contributed by atoms with E-state index in [1.807, 2.05) is 6.07 Å². The van der Waals surface area contributed by atoms with Crippen LogP contribution in [0.15, 0.2) is 48.7 Å². The summed E-state index contributed by atoms with van der Waals surface area (Å²) in [5.41, 5.74) is 4.91. The number of piperidine rings is 1. The van der Waals surface area contributed by atoms with Crippen LogP contribution in [0.3, 0.4) is 0 Å². The quantitative estimate of drug-likeness (QED) is 0.597. The predicted octanol–water partition coefficient (Wildman–Crippen LogP) is 5.64. The molecule has 0 spiro atoms. The minimum atomic E-state index is -0.262. The first-order valence-corrected chi connectivity index (χ1v) is 11.0. The number of benzene rings is 2. The number of hydrogen-bond acceptors (Lipinski definition) is 3. The van der Waals surface area contributed by atoms with E-state index in [0.29, 0.717) is 24.8 Å². The molecule has 5 nitrogen and oxygen atoms in total. The van der Waals surface area contributed by atoms with E-state index in [9.17, 15) is 9.90 Å². The highest BCUT2D eigenvalue weighted by Crippen LogP contribution is 2.39. The standard InChI is InChI=1S/C26H32N2O3/c1-26(2,3)20-10-8-18(9-11-20)16-28-17-21(24-22(28)6-5-7-23(24)29)19-12-14-27(15-13-19)25(30)31-4/h5-11,17,19,29H,12-16H2,1-4H3. The first-order valence-electron chi connectivity index (χ1n) is 11.0. The summed E-state index contributed by atoms with van der Waals surface area (Å²) < 4.78 is 7.10. The molecule has 0 unspecified atom stereocenters. The molecule has 0 radical (unpaired) electrons. The summed E-state index contributed by atoms with van der Waals surface area (Å²) in [5, 5.41) is 11.6. The summed E-state index contributed by atoms with van der Waals surface area (Å²) in [4.78, 5) is 13.6. The van der Waals surface area contributed by atoms with Crippen molar-refractivity contribution in [3.8, 4) is 5.75 Å². The van der Waals surface area contributed by atoms with Crippen molar-refractivity contribution in [2.75, 3.05) is 20.2 Å². The molecule has 5 heteroatoms. The highest BCUT2D eigenvalue weighted by atomic mass is 16.5. The van der Waals surface area contributed by atoms with Crippen LogP contribution in [0.2, 0.25) is 0 Å². The van der Waals surface area contributed by atoms with Gasteiger partial charge in [0.25, 0.3) is 0 Å². The summed E-state index contributed by atoms with van der Waals surface area (Å²) in [7, 11) is 1.42. The zero-order chi connectivity index (χ0) is 22.2. The fourth-order valence-electron chi connectivity index (χ4n) is 4.61. The Labute approximate surface area is 184 Å². The zero-order valence-corrected chi connectivity index (χ0v) is 18.9. The summed E-state index contributed by atoms with van der Waals surface area (Å²) in [6.07, 6.45) is 3.66. The second-order valence-electron chi connectivity index (χ2n) is 9.56. The number of carbonyl (C=O) groups is 1. The molecule has 1 N–H and O–H groups in total. The Balaban J connectivity index is 1.63. The Morgan fingerprint density at radius 1 is 1.10 bits per heavy atom. The topological polar surface area (TPSA) is 54.7 Å². The van der Waals surface area contributed by atoms with Crippen molar-refractivity contribution in [2.45, 2.75) is 51.5 Å². The molecule has 1 saturated heterocycles. The molecular formula is C26H32N2O3. The molecule has 164 valence electrons. The second-order valence-corrected chi connectivity index (χ2v) is 9.56. The number of hydrogen-bond donors (Lipinski definition) is 1. The van der Waals surface area contributed by atoms with Gasteiger partial charge >= 0.3 is 6.09 Å². The minimum Gasteiger partial charge on any atom is -0.507 e. The molecule has 4 rings (SSSR count). The third-order valence-corrected chi connectivity index (χ3v) is 6.45.